The number of anilines is 1. The Morgan fingerprint density at radius 3 is 2.66 bits per heavy atom. The molecule has 0 radical (unpaired) electrons. The van der Waals surface area contributed by atoms with Gasteiger partial charge in [0, 0.05) is 58.2 Å². The van der Waals surface area contributed by atoms with E-state index in [9.17, 15) is 4.79 Å². The quantitative estimate of drug-likeness (QED) is 0.277. The number of carbonyl (C=O) groups excluding carboxylic acids is 1. The van der Waals surface area contributed by atoms with Gasteiger partial charge in [0.05, 0.1) is 29.0 Å². The maximum Gasteiger partial charge on any atom is 0.227 e. The SMILES string of the molecule is O=C(Nc1cncc(-c2cnc3n[nH]c(-c4cc5c(-c6ccccn6)ccnc5[nH]4)c3c2)c1)C1CCCC1. The standard InChI is InChI=1S/C29H24N8O/c38-29(17-5-1-2-6-17)34-20-11-18(14-30-16-20)19-12-23-26(36-37-28(23)33-15-19)25-13-22-21(8-10-32-27(22)35-25)24-7-3-4-9-31-24/h3-4,7-17H,1-2,5-6H2,(H,32,35)(H,34,38)(H,33,36,37). The Bertz CT molecular complexity index is 1780. The highest BCUT2D eigenvalue weighted by molar-refractivity contribution is 5.99. The molecule has 0 bridgehead atoms. The van der Waals surface area contributed by atoms with Gasteiger partial charge in [-0.3, -0.25) is 19.9 Å². The van der Waals surface area contributed by atoms with Crippen molar-refractivity contribution in [3.05, 3.63) is 73.4 Å². The number of aromatic amines is 2. The number of fused-ring (bicyclic) bond motifs is 2. The van der Waals surface area contributed by atoms with Crippen LogP contribution in [0.15, 0.2) is 73.4 Å². The summed E-state index contributed by atoms with van der Waals surface area (Å²) in [7, 11) is 0. The second kappa shape index (κ2) is 9.19. The molecule has 186 valence electrons. The molecule has 3 N–H and O–H groups in total. The summed E-state index contributed by atoms with van der Waals surface area (Å²) in [6.07, 6.45) is 12.9. The third-order valence-electron chi connectivity index (χ3n) is 7.22. The van der Waals surface area contributed by atoms with E-state index in [1.807, 2.05) is 36.4 Å². The molecule has 6 aromatic heterocycles. The fraction of sp³-hybridized carbons (Fsp3) is 0.172. The number of nitrogens with zero attached hydrogens (tertiary/aromatic N) is 5. The van der Waals surface area contributed by atoms with E-state index in [0.717, 1.165) is 75.9 Å². The summed E-state index contributed by atoms with van der Waals surface area (Å²) < 4.78 is 0. The lowest BCUT2D eigenvalue weighted by Crippen LogP contribution is -2.20. The van der Waals surface area contributed by atoms with Gasteiger partial charge in [0.1, 0.15) is 5.65 Å². The van der Waals surface area contributed by atoms with Gasteiger partial charge >= 0.3 is 0 Å². The molecule has 6 aromatic rings. The van der Waals surface area contributed by atoms with Crippen LogP contribution in [-0.2, 0) is 4.79 Å². The molecule has 38 heavy (non-hydrogen) atoms. The van der Waals surface area contributed by atoms with Gasteiger partial charge < -0.3 is 10.3 Å². The highest BCUT2D eigenvalue weighted by Crippen LogP contribution is 2.34. The first-order valence-electron chi connectivity index (χ1n) is 12.7. The van der Waals surface area contributed by atoms with Crippen LogP contribution in [0, 0.1) is 5.92 Å². The first kappa shape index (κ1) is 22.3. The summed E-state index contributed by atoms with van der Waals surface area (Å²) in [4.78, 5) is 34.0. The zero-order valence-corrected chi connectivity index (χ0v) is 20.5. The van der Waals surface area contributed by atoms with Crippen LogP contribution in [-0.4, -0.2) is 41.0 Å². The lowest BCUT2D eigenvalue weighted by Gasteiger charge is -2.11. The second-order valence-electron chi connectivity index (χ2n) is 9.65. The maximum absolute atomic E-state index is 12.6. The summed E-state index contributed by atoms with van der Waals surface area (Å²) in [5, 5.41) is 12.4. The molecule has 0 atom stereocenters. The van der Waals surface area contributed by atoms with Gasteiger partial charge in [0.15, 0.2) is 5.65 Å². The number of hydrogen-bond acceptors (Lipinski definition) is 6. The summed E-state index contributed by atoms with van der Waals surface area (Å²) in [6.45, 7) is 0. The molecule has 9 nitrogen and oxygen atoms in total. The molecular formula is C29H24N8O. The summed E-state index contributed by atoms with van der Waals surface area (Å²) in [5.41, 5.74) is 7.38. The number of nitrogens with one attached hydrogen (secondary N) is 3. The predicted octanol–water partition coefficient (Wildman–Crippen LogP) is 5.75. The van der Waals surface area contributed by atoms with Gasteiger partial charge in [0.25, 0.3) is 0 Å². The maximum atomic E-state index is 12.6. The van der Waals surface area contributed by atoms with E-state index in [1.54, 1.807) is 31.0 Å². The minimum absolute atomic E-state index is 0.0737. The molecule has 6 heterocycles. The molecule has 9 heteroatoms. The van der Waals surface area contributed by atoms with E-state index in [2.05, 4.69) is 46.5 Å². The second-order valence-corrected chi connectivity index (χ2v) is 9.65. The van der Waals surface area contributed by atoms with Gasteiger partial charge in [-0.1, -0.05) is 18.9 Å². The van der Waals surface area contributed by atoms with Gasteiger partial charge in [0.2, 0.25) is 5.91 Å². The molecule has 0 aromatic carbocycles. The normalized spacial score (nSPS) is 13.9. The molecule has 7 rings (SSSR count). The van der Waals surface area contributed by atoms with Crippen molar-refractivity contribution >= 4 is 33.7 Å². The summed E-state index contributed by atoms with van der Waals surface area (Å²) in [5.74, 6) is 0.166. The minimum atomic E-state index is 0.0737. The number of rotatable bonds is 5. The van der Waals surface area contributed by atoms with Crippen molar-refractivity contribution in [3.63, 3.8) is 0 Å². The molecule has 1 saturated carbocycles. The topological polar surface area (TPSA) is 125 Å². The molecule has 0 spiro atoms. The highest BCUT2D eigenvalue weighted by Gasteiger charge is 2.23. The van der Waals surface area contributed by atoms with Crippen LogP contribution in [0.3, 0.4) is 0 Å². The van der Waals surface area contributed by atoms with E-state index in [4.69, 9.17) is 0 Å². The summed E-state index contributed by atoms with van der Waals surface area (Å²) >= 11 is 0. The van der Waals surface area contributed by atoms with Crippen molar-refractivity contribution in [2.24, 2.45) is 5.92 Å². The van der Waals surface area contributed by atoms with Crippen molar-refractivity contribution < 1.29 is 4.79 Å². The average molecular weight is 501 g/mol. The number of carbonyl (C=O) groups is 1. The lowest BCUT2D eigenvalue weighted by molar-refractivity contribution is -0.119. The Kier molecular flexibility index (Phi) is 5.39. The van der Waals surface area contributed by atoms with Gasteiger partial charge in [-0.05, 0) is 49.2 Å². The Balaban J connectivity index is 1.25. The molecule has 0 unspecified atom stereocenters. The van der Waals surface area contributed by atoms with Crippen LogP contribution >= 0.6 is 0 Å². The van der Waals surface area contributed by atoms with Crippen LogP contribution in [0.1, 0.15) is 25.7 Å². The van der Waals surface area contributed by atoms with Crippen LogP contribution in [0.25, 0.3) is 55.8 Å². The molecule has 1 fully saturated rings. The van der Waals surface area contributed by atoms with Crippen LogP contribution in [0.4, 0.5) is 5.69 Å². The fourth-order valence-electron chi connectivity index (χ4n) is 5.27. The van der Waals surface area contributed by atoms with E-state index in [0.29, 0.717) is 11.3 Å². The van der Waals surface area contributed by atoms with Crippen molar-refractivity contribution in [3.8, 4) is 33.8 Å². The van der Waals surface area contributed by atoms with E-state index in [-0.39, 0.29) is 11.8 Å². The van der Waals surface area contributed by atoms with Crippen molar-refractivity contribution in [1.29, 1.82) is 0 Å². The van der Waals surface area contributed by atoms with Crippen molar-refractivity contribution in [2.45, 2.75) is 25.7 Å². The Morgan fingerprint density at radius 1 is 0.895 bits per heavy atom. The average Bonchev–Trinajstić information content (AvgIpc) is 3.73. The van der Waals surface area contributed by atoms with Crippen LogP contribution in [0.2, 0.25) is 0 Å². The predicted molar refractivity (Wildman–Crippen MR) is 146 cm³/mol. The largest absolute Gasteiger partial charge is 0.338 e. The number of H-pyrrole nitrogens is 2. The third-order valence-corrected chi connectivity index (χ3v) is 7.22. The molecule has 0 saturated heterocycles. The van der Waals surface area contributed by atoms with Crippen LogP contribution < -0.4 is 5.32 Å². The Morgan fingerprint density at radius 2 is 1.79 bits per heavy atom. The molecule has 1 aliphatic carbocycles. The van der Waals surface area contributed by atoms with Gasteiger partial charge in [-0.2, -0.15) is 5.10 Å². The van der Waals surface area contributed by atoms with Gasteiger partial charge in [-0.25, -0.2) is 9.97 Å². The molecule has 1 amide bonds. The number of pyridine rings is 4. The molecular weight excluding hydrogens is 476 g/mol. The smallest absolute Gasteiger partial charge is 0.227 e. The Labute approximate surface area is 217 Å². The fourth-order valence-corrected chi connectivity index (χ4v) is 5.27. The van der Waals surface area contributed by atoms with E-state index in [1.165, 1.54) is 0 Å². The number of hydrogen-bond donors (Lipinski definition) is 3. The lowest BCUT2D eigenvalue weighted by atomic mass is 10.1. The van der Waals surface area contributed by atoms with E-state index < -0.39 is 0 Å². The number of aromatic nitrogens is 7. The van der Waals surface area contributed by atoms with Crippen LogP contribution in [0.5, 0.6) is 0 Å². The Hall–Kier alpha value is -4.92. The van der Waals surface area contributed by atoms with Crippen molar-refractivity contribution in [2.75, 3.05) is 5.32 Å². The first-order chi connectivity index (χ1) is 18.7. The zero-order chi connectivity index (χ0) is 25.5. The molecule has 0 aliphatic heterocycles. The molecule has 1 aliphatic rings. The number of amides is 1. The third kappa shape index (κ3) is 3.98. The zero-order valence-electron chi connectivity index (χ0n) is 20.5. The minimum Gasteiger partial charge on any atom is -0.338 e. The first-order valence-corrected chi connectivity index (χ1v) is 12.7. The van der Waals surface area contributed by atoms with E-state index >= 15 is 0 Å². The van der Waals surface area contributed by atoms with Crippen molar-refractivity contribution in [1.82, 2.24) is 35.1 Å². The monoisotopic (exact) mass is 500 g/mol. The highest BCUT2D eigenvalue weighted by atomic mass is 16.1. The van der Waals surface area contributed by atoms with Gasteiger partial charge in [-0.15, -0.1) is 0 Å². The summed E-state index contributed by atoms with van der Waals surface area (Å²) in [6, 6.07) is 13.9.